The highest BCUT2D eigenvalue weighted by Crippen LogP contribution is 2.49. The van der Waals surface area contributed by atoms with Crippen LogP contribution in [0.4, 0.5) is 0 Å². The molecule has 4 heteroatoms. The molecule has 0 bridgehead atoms. The Labute approximate surface area is 96.5 Å². The molecule has 1 atom stereocenters. The van der Waals surface area contributed by atoms with Gasteiger partial charge in [-0.2, -0.15) is 5.10 Å². The molecule has 1 heterocycles. The Morgan fingerprint density at radius 3 is 2.62 bits per heavy atom. The molecular weight excluding hydrogens is 202 g/mol. The van der Waals surface area contributed by atoms with Gasteiger partial charge in [0.05, 0.1) is 12.3 Å². The maximum atomic E-state index is 10.4. The van der Waals surface area contributed by atoms with E-state index in [1.165, 1.54) is 6.42 Å². The Morgan fingerprint density at radius 1 is 1.56 bits per heavy atom. The van der Waals surface area contributed by atoms with Crippen LogP contribution in [0.1, 0.15) is 50.8 Å². The summed E-state index contributed by atoms with van der Waals surface area (Å²) in [6, 6.07) is 0.330. The highest BCUT2D eigenvalue weighted by atomic mass is 16.3. The predicted molar refractivity (Wildman–Crippen MR) is 62.9 cm³/mol. The second kappa shape index (κ2) is 4.18. The van der Waals surface area contributed by atoms with Gasteiger partial charge in [-0.1, -0.05) is 6.42 Å². The quantitative estimate of drug-likeness (QED) is 0.815. The number of hydrogen-bond acceptors (Lipinski definition) is 3. The fourth-order valence-electron chi connectivity index (χ4n) is 2.35. The van der Waals surface area contributed by atoms with Gasteiger partial charge >= 0.3 is 0 Å². The Morgan fingerprint density at radius 2 is 2.25 bits per heavy atom. The largest absolute Gasteiger partial charge is 0.388 e. The molecule has 1 aliphatic carbocycles. The molecule has 0 radical (unpaired) electrons. The van der Waals surface area contributed by atoms with Gasteiger partial charge in [0.15, 0.2) is 0 Å². The van der Waals surface area contributed by atoms with E-state index in [2.05, 4.69) is 18.9 Å². The fourth-order valence-corrected chi connectivity index (χ4v) is 2.35. The number of aromatic nitrogens is 2. The summed E-state index contributed by atoms with van der Waals surface area (Å²) in [5.74, 6) is 0. The zero-order valence-corrected chi connectivity index (χ0v) is 10.1. The summed E-state index contributed by atoms with van der Waals surface area (Å²) in [5.41, 5.74) is 6.60. The van der Waals surface area contributed by atoms with Gasteiger partial charge in [0.25, 0.3) is 0 Å². The van der Waals surface area contributed by atoms with Gasteiger partial charge in [-0.15, -0.1) is 0 Å². The van der Waals surface area contributed by atoms with Crippen LogP contribution in [0.15, 0.2) is 12.4 Å². The summed E-state index contributed by atoms with van der Waals surface area (Å²) in [6.45, 7) is 4.71. The normalized spacial score (nSPS) is 20.8. The van der Waals surface area contributed by atoms with Crippen LogP contribution in [0.3, 0.4) is 0 Å². The molecule has 0 saturated heterocycles. The molecule has 90 valence electrons. The van der Waals surface area contributed by atoms with E-state index in [4.69, 9.17) is 5.73 Å². The molecule has 4 nitrogen and oxygen atoms in total. The van der Waals surface area contributed by atoms with Crippen molar-refractivity contribution in [1.82, 2.24) is 9.78 Å². The highest BCUT2D eigenvalue weighted by Gasteiger charge is 2.43. The summed E-state index contributed by atoms with van der Waals surface area (Å²) in [7, 11) is 0. The maximum Gasteiger partial charge on any atom is 0.0888 e. The SMILES string of the molecule is CC(C)n1cc([C@H](O)C2(CN)CCC2)cn1. The van der Waals surface area contributed by atoms with Crippen molar-refractivity contribution in [2.24, 2.45) is 11.1 Å². The molecule has 1 aromatic rings. The summed E-state index contributed by atoms with van der Waals surface area (Å²) in [4.78, 5) is 0. The Balaban J connectivity index is 2.16. The van der Waals surface area contributed by atoms with E-state index in [-0.39, 0.29) is 5.41 Å². The number of rotatable bonds is 4. The van der Waals surface area contributed by atoms with E-state index in [1.54, 1.807) is 6.20 Å². The van der Waals surface area contributed by atoms with Crippen molar-refractivity contribution in [2.75, 3.05) is 6.54 Å². The molecule has 2 rings (SSSR count). The summed E-state index contributed by atoms with van der Waals surface area (Å²) >= 11 is 0. The third-order valence-electron chi connectivity index (χ3n) is 3.80. The van der Waals surface area contributed by atoms with Gasteiger partial charge in [0.1, 0.15) is 0 Å². The van der Waals surface area contributed by atoms with Gasteiger partial charge < -0.3 is 10.8 Å². The van der Waals surface area contributed by atoms with Gasteiger partial charge in [-0.3, -0.25) is 4.68 Å². The van der Waals surface area contributed by atoms with Crippen LogP contribution in [0.25, 0.3) is 0 Å². The predicted octanol–water partition coefficient (Wildman–Crippen LogP) is 1.63. The van der Waals surface area contributed by atoms with E-state index in [0.29, 0.717) is 12.6 Å². The minimum atomic E-state index is -0.459. The van der Waals surface area contributed by atoms with Crippen molar-refractivity contribution in [3.05, 3.63) is 18.0 Å². The van der Waals surface area contributed by atoms with Gasteiger partial charge in [-0.05, 0) is 26.7 Å². The first-order valence-electron chi connectivity index (χ1n) is 6.01. The van der Waals surface area contributed by atoms with E-state index in [0.717, 1.165) is 18.4 Å². The summed E-state index contributed by atoms with van der Waals surface area (Å²) in [6.07, 6.45) is 6.46. The lowest BCUT2D eigenvalue weighted by Gasteiger charge is -2.44. The van der Waals surface area contributed by atoms with Crippen LogP contribution in [-0.4, -0.2) is 21.4 Å². The Bertz CT molecular complexity index is 349. The summed E-state index contributed by atoms with van der Waals surface area (Å²) < 4.78 is 1.88. The lowest BCUT2D eigenvalue weighted by Crippen LogP contribution is -2.42. The van der Waals surface area contributed by atoms with E-state index in [9.17, 15) is 5.11 Å². The number of aliphatic hydroxyl groups is 1. The molecule has 0 unspecified atom stereocenters. The lowest BCUT2D eigenvalue weighted by molar-refractivity contribution is -0.0297. The first-order chi connectivity index (χ1) is 7.59. The van der Waals surface area contributed by atoms with Crippen LogP contribution in [0.2, 0.25) is 0 Å². The molecule has 1 aromatic heterocycles. The van der Waals surface area contributed by atoms with Crippen molar-refractivity contribution in [1.29, 1.82) is 0 Å². The number of hydrogen-bond donors (Lipinski definition) is 2. The molecule has 0 amide bonds. The second-order valence-electron chi connectivity index (χ2n) is 5.17. The fraction of sp³-hybridized carbons (Fsp3) is 0.750. The maximum absolute atomic E-state index is 10.4. The molecule has 3 N–H and O–H groups in total. The minimum Gasteiger partial charge on any atom is -0.388 e. The zero-order chi connectivity index (χ0) is 11.8. The van der Waals surface area contributed by atoms with Crippen molar-refractivity contribution in [3.8, 4) is 0 Å². The standard InChI is InChI=1S/C12H21N3O/c1-9(2)15-7-10(6-14-15)11(16)12(8-13)4-3-5-12/h6-7,9,11,16H,3-5,8,13H2,1-2H3/t11-/m0/s1. The van der Waals surface area contributed by atoms with Crippen LogP contribution in [0, 0.1) is 5.41 Å². The van der Waals surface area contributed by atoms with E-state index in [1.807, 2.05) is 10.9 Å². The summed E-state index contributed by atoms with van der Waals surface area (Å²) in [5, 5.41) is 14.6. The third kappa shape index (κ3) is 1.76. The Kier molecular flexibility index (Phi) is 3.04. The van der Waals surface area contributed by atoms with Crippen LogP contribution in [-0.2, 0) is 0 Å². The van der Waals surface area contributed by atoms with Gasteiger partial charge in [0, 0.05) is 29.8 Å². The monoisotopic (exact) mass is 223 g/mol. The first-order valence-corrected chi connectivity index (χ1v) is 6.01. The first kappa shape index (κ1) is 11.6. The van der Waals surface area contributed by atoms with Crippen molar-refractivity contribution < 1.29 is 5.11 Å². The topological polar surface area (TPSA) is 64.1 Å². The van der Waals surface area contributed by atoms with Gasteiger partial charge in [0.2, 0.25) is 0 Å². The van der Waals surface area contributed by atoms with Crippen molar-refractivity contribution in [2.45, 2.75) is 45.3 Å². The van der Waals surface area contributed by atoms with Crippen LogP contribution >= 0.6 is 0 Å². The van der Waals surface area contributed by atoms with E-state index < -0.39 is 6.10 Å². The second-order valence-corrected chi connectivity index (χ2v) is 5.17. The molecule has 0 aromatic carbocycles. The Hall–Kier alpha value is -0.870. The minimum absolute atomic E-state index is 0.0924. The molecule has 1 fully saturated rings. The molecule has 0 aliphatic heterocycles. The zero-order valence-electron chi connectivity index (χ0n) is 10.1. The number of nitrogens with two attached hydrogens (primary N) is 1. The number of nitrogens with zero attached hydrogens (tertiary/aromatic N) is 2. The van der Waals surface area contributed by atoms with Gasteiger partial charge in [-0.25, -0.2) is 0 Å². The van der Waals surface area contributed by atoms with Crippen molar-refractivity contribution >= 4 is 0 Å². The van der Waals surface area contributed by atoms with Crippen LogP contribution < -0.4 is 5.73 Å². The molecule has 1 saturated carbocycles. The smallest absolute Gasteiger partial charge is 0.0888 e. The third-order valence-corrected chi connectivity index (χ3v) is 3.80. The lowest BCUT2D eigenvalue weighted by atomic mass is 9.64. The molecule has 0 spiro atoms. The molecule has 1 aliphatic rings. The molecule has 16 heavy (non-hydrogen) atoms. The van der Waals surface area contributed by atoms with E-state index >= 15 is 0 Å². The number of aliphatic hydroxyl groups excluding tert-OH is 1. The average Bonchev–Trinajstić information content (AvgIpc) is 2.65. The van der Waals surface area contributed by atoms with Crippen molar-refractivity contribution in [3.63, 3.8) is 0 Å². The average molecular weight is 223 g/mol. The highest BCUT2D eigenvalue weighted by molar-refractivity contribution is 5.14. The van der Waals surface area contributed by atoms with Crippen LogP contribution in [0.5, 0.6) is 0 Å². The molecular formula is C12H21N3O.